The Balaban J connectivity index is 1.47. The fraction of sp³-hybridized carbons (Fsp3) is 0.412. The van der Waals surface area contributed by atoms with Gasteiger partial charge in [-0.1, -0.05) is 42.5 Å². The number of hydrogen-bond acceptors (Lipinski definition) is 2. The summed E-state index contributed by atoms with van der Waals surface area (Å²) >= 11 is 0. The molecule has 0 unspecified atom stereocenters. The lowest BCUT2D eigenvalue weighted by atomic mass is 9.96. The van der Waals surface area contributed by atoms with Crippen molar-refractivity contribution in [3.05, 3.63) is 48.0 Å². The summed E-state index contributed by atoms with van der Waals surface area (Å²) in [6, 6.07) is 10.2. The first-order chi connectivity index (χ1) is 9.84. The minimum atomic E-state index is 0.0569. The molecular weight excluding hydrogens is 248 g/mol. The molecule has 1 fully saturated rings. The van der Waals surface area contributed by atoms with Crippen LogP contribution in [0.4, 0.5) is 0 Å². The van der Waals surface area contributed by atoms with Gasteiger partial charge in [0, 0.05) is 12.1 Å². The molecular formula is C17H20N2O. The van der Waals surface area contributed by atoms with Crippen molar-refractivity contribution in [1.29, 1.82) is 0 Å². The molecule has 20 heavy (non-hydrogen) atoms. The lowest BCUT2D eigenvalue weighted by Gasteiger charge is -2.11. The molecule has 0 bridgehead atoms. The Labute approximate surface area is 119 Å². The van der Waals surface area contributed by atoms with Gasteiger partial charge in [0.25, 0.3) is 0 Å². The van der Waals surface area contributed by atoms with Crippen molar-refractivity contribution in [2.75, 3.05) is 0 Å². The van der Waals surface area contributed by atoms with Gasteiger partial charge in [0.15, 0.2) is 0 Å². The Bertz CT molecular complexity index is 521. The zero-order valence-electron chi connectivity index (χ0n) is 11.5. The maximum absolute atomic E-state index is 12.0. The number of nitrogens with one attached hydrogen (secondary N) is 1. The number of allylic oxidation sites excluding steroid dienone is 2. The highest BCUT2D eigenvalue weighted by atomic mass is 16.2. The lowest BCUT2D eigenvalue weighted by Crippen LogP contribution is -2.21. The molecule has 2 aliphatic rings. The number of rotatable bonds is 4. The molecule has 1 N–H and O–H groups in total. The lowest BCUT2D eigenvalue weighted by molar-refractivity contribution is -0.122. The molecule has 3 atom stereocenters. The Morgan fingerprint density at radius 3 is 2.85 bits per heavy atom. The quantitative estimate of drug-likeness (QED) is 0.508. The van der Waals surface area contributed by atoms with Crippen LogP contribution in [0.1, 0.15) is 37.2 Å². The van der Waals surface area contributed by atoms with Gasteiger partial charge in [0.1, 0.15) is 0 Å². The van der Waals surface area contributed by atoms with Gasteiger partial charge in [-0.3, -0.25) is 4.79 Å². The molecule has 3 rings (SSSR count). The summed E-state index contributed by atoms with van der Waals surface area (Å²) in [5.74, 6) is 1.01. The van der Waals surface area contributed by atoms with Crippen molar-refractivity contribution in [1.82, 2.24) is 5.43 Å². The molecule has 3 nitrogen and oxygen atoms in total. The van der Waals surface area contributed by atoms with Crippen LogP contribution in [0, 0.1) is 11.8 Å². The average Bonchev–Trinajstić information content (AvgIpc) is 3.30. The predicted octanol–water partition coefficient (Wildman–Crippen LogP) is 3.25. The number of carbonyl (C=O) groups is 1. The first-order valence-corrected chi connectivity index (χ1v) is 7.37. The van der Waals surface area contributed by atoms with Gasteiger partial charge < -0.3 is 0 Å². The van der Waals surface area contributed by atoms with Crippen molar-refractivity contribution in [2.24, 2.45) is 16.9 Å². The molecule has 1 aromatic carbocycles. The van der Waals surface area contributed by atoms with Crippen molar-refractivity contribution < 1.29 is 4.79 Å². The molecule has 104 valence electrons. The molecule has 1 amide bonds. The van der Waals surface area contributed by atoms with Gasteiger partial charge in [-0.25, -0.2) is 5.43 Å². The van der Waals surface area contributed by atoms with E-state index in [2.05, 4.69) is 34.8 Å². The number of nitrogens with zero attached hydrogens (tertiary/aromatic N) is 1. The topological polar surface area (TPSA) is 41.5 Å². The van der Waals surface area contributed by atoms with Crippen LogP contribution < -0.4 is 5.43 Å². The van der Waals surface area contributed by atoms with E-state index in [4.69, 9.17) is 0 Å². The largest absolute Gasteiger partial charge is 0.273 e. The Morgan fingerprint density at radius 2 is 2.10 bits per heavy atom. The smallest absolute Gasteiger partial charge is 0.243 e. The Morgan fingerprint density at radius 1 is 1.25 bits per heavy atom. The van der Waals surface area contributed by atoms with E-state index >= 15 is 0 Å². The summed E-state index contributed by atoms with van der Waals surface area (Å²) in [5.41, 5.74) is 3.96. The van der Waals surface area contributed by atoms with Gasteiger partial charge in [-0.15, -0.1) is 0 Å². The second-order valence-corrected chi connectivity index (χ2v) is 5.66. The fourth-order valence-electron chi connectivity index (χ4n) is 2.80. The van der Waals surface area contributed by atoms with Crippen LogP contribution in [-0.2, 0) is 4.79 Å². The van der Waals surface area contributed by atoms with E-state index < -0.39 is 0 Å². The average molecular weight is 268 g/mol. The first-order valence-electron chi connectivity index (χ1n) is 7.37. The minimum Gasteiger partial charge on any atom is -0.273 e. The van der Waals surface area contributed by atoms with E-state index in [1.54, 1.807) is 0 Å². The monoisotopic (exact) mass is 268 g/mol. The van der Waals surface area contributed by atoms with E-state index in [0.717, 1.165) is 25.7 Å². The summed E-state index contributed by atoms with van der Waals surface area (Å²) in [4.78, 5) is 12.0. The number of amides is 1. The van der Waals surface area contributed by atoms with Crippen molar-refractivity contribution in [2.45, 2.75) is 31.6 Å². The van der Waals surface area contributed by atoms with Gasteiger partial charge in [0.05, 0.1) is 0 Å². The highest BCUT2D eigenvalue weighted by Crippen LogP contribution is 2.47. The molecule has 0 spiro atoms. The third-order valence-corrected chi connectivity index (χ3v) is 4.12. The number of hydrogen-bond donors (Lipinski definition) is 1. The summed E-state index contributed by atoms with van der Waals surface area (Å²) in [5, 5.41) is 4.13. The van der Waals surface area contributed by atoms with E-state index in [-0.39, 0.29) is 11.8 Å². The molecule has 2 aliphatic carbocycles. The first kappa shape index (κ1) is 13.1. The van der Waals surface area contributed by atoms with E-state index in [9.17, 15) is 4.79 Å². The molecule has 0 saturated heterocycles. The van der Waals surface area contributed by atoms with E-state index in [0.29, 0.717) is 11.8 Å². The molecule has 0 heterocycles. The van der Waals surface area contributed by atoms with E-state index in [1.165, 1.54) is 5.56 Å². The second-order valence-electron chi connectivity index (χ2n) is 5.66. The van der Waals surface area contributed by atoms with Crippen LogP contribution in [0.25, 0.3) is 0 Å². The number of carbonyl (C=O) groups excluding carboxylic acids is 1. The highest BCUT2D eigenvalue weighted by molar-refractivity contribution is 5.83. The van der Waals surface area contributed by atoms with Crippen LogP contribution >= 0.6 is 0 Å². The summed E-state index contributed by atoms with van der Waals surface area (Å²) in [7, 11) is 0. The van der Waals surface area contributed by atoms with Crippen LogP contribution in [0.5, 0.6) is 0 Å². The molecule has 1 aromatic rings. The molecule has 0 radical (unpaired) electrons. The van der Waals surface area contributed by atoms with Gasteiger partial charge in [-0.2, -0.15) is 5.10 Å². The third kappa shape index (κ3) is 3.16. The zero-order valence-corrected chi connectivity index (χ0v) is 11.5. The molecule has 1 saturated carbocycles. The van der Waals surface area contributed by atoms with Gasteiger partial charge in [-0.05, 0) is 43.1 Å². The molecule has 3 heteroatoms. The Hall–Kier alpha value is -1.90. The Kier molecular flexibility index (Phi) is 3.95. The molecule has 0 aliphatic heterocycles. The summed E-state index contributed by atoms with van der Waals surface area (Å²) < 4.78 is 0. The van der Waals surface area contributed by atoms with Gasteiger partial charge >= 0.3 is 0 Å². The number of hydrazone groups is 1. The normalized spacial score (nSPS) is 28.5. The maximum atomic E-state index is 12.0. The van der Waals surface area contributed by atoms with Crippen LogP contribution in [0.2, 0.25) is 0 Å². The van der Waals surface area contributed by atoms with Crippen molar-refractivity contribution in [3.8, 4) is 0 Å². The standard InChI is InChI=1S/C17H20N2O/c20-17(19-18-12-13-7-3-1-4-8-13)16-11-15(16)14-9-5-2-6-10-14/h1-3,5-6,9-10,12-13,15-16H,4,7-8,11H2,(H,19,20)/b18-12-/t13-,15-,16-/m1/s1. The van der Waals surface area contributed by atoms with Crippen LogP contribution in [0.3, 0.4) is 0 Å². The van der Waals surface area contributed by atoms with E-state index in [1.807, 2.05) is 24.4 Å². The SMILES string of the molecule is O=C(N/N=C\[C@@H]1CC=CCC1)[C@@H]1C[C@@H]1c1ccccc1. The fourth-order valence-corrected chi connectivity index (χ4v) is 2.80. The highest BCUT2D eigenvalue weighted by Gasteiger charge is 2.43. The summed E-state index contributed by atoms with van der Waals surface area (Å²) in [6.07, 6.45) is 10.5. The van der Waals surface area contributed by atoms with Gasteiger partial charge in [0.2, 0.25) is 5.91 Å². The molecule has 0 aromatic heterocycles. The maximum Gasteiger partial charge on any atom is 0.243 e. The summed E-state index contributed by atoms with van der Waals surface area (Å²) in [6.45, 7) is 0. The van der Waals surface area contributed by atoms with Crippen molar-refractivity contribution >= 4 is 12.1 Å². The van der Waals surface area contributed by atoms with Crippen LogP contribution in [-0.4, -0.2) is 12.1 Å². The predicted molar refractivity (Wildman–Crippen MR) is 80.4 cm³/mol. The zero-order chi connectivity index (χ0) is 13.8. The second kappa shape index (κ2) is 6.04. The minimum absolute atomic E-state index is 0.0569. The third-order valence-electron chi connectivity index (χ3n) is 4.12. The number of benzene rings is 1. The van der Waals surface area contributed by atoms with Crippen molar-refractivity contribution in [3.63, 3.8) is 0 Å². The van der Waals surface area contributed by atoms with Crippen LogP contribution in [0.15, 0.2) is 47.6 Å².